The fourth-order valence-electron chi connectivity index (χ4n) is 5.37. The van der Waals surface area contributed by atoms with Crippen LogP contribution in [-0.2, 0) is 16.0 Å². The highest BCUT2D eigenvalue weighted by atomic mass is 19.2. The van der Waals surface area contributed by atoms with Crippen LogP contribution in [0.15, 0.2) is 36.4 Å². The van der Waals surface area contributed by atoms with Gasteiger partial charge < -0.3 is 24.6 Å². The number of para-hydroxylation sites is 1. The predicted molar refractivity (Wildman–Crippen MR) is 145 cm³/mol. The number of carbonyl (C=O) groups is 3. The zero-order valence-corrected chi connectivity index (χ0v) is 23.5. The predicted octanol–water partition coefficient (Wildman–Crippen LogP) is 4.66. The molecule has 2 aromatic carbocycles. The van der Waals surface area contributed by atoms with Crippen molar-refractivity contribution >= 4 is 17.9 Å². The number of nitrogens with zero attached hydrogens (tertiary/aromatic N) is 2. The number of amides is 3. The molecule has 0 radical (unpaired) electrons. The minimum Gasteiger partial charge on any atom is -0.493 e. The van der Waals surface area contributed by atoms with Gasteiger partial charge in [-0.3, -0.25) is 9.59 Å². The van der Waals surface area contributed by atoms with Crippen LogP contribution in [0.1, 0.15) is 67.9 Å². The average molecular weight is 558 g/mol. The monoisotopic (exact) mass is 557 g/mol. The summed E-state index contributed by atoms with van der Waals surface area (Å²) in [6.45, 7) is 8.89. The number of benzene rings is 2. The van der Waals surface area contributed by atoms with Gasteiger partial charge in [-0.1, -0.05) is 12.1 Å². The molecule has 1 saturated heterocycles. The van der Waals surface area contributed by atoms with Crippen molar-refractivity contribution in [3.8, 4) is 5.75 Å². The van der Waals surface area contributed by atoms with E-state index in [0.29, 0.717) is 68.1 Å². The molecule has 2 atom stereocenters. The van der Waals surface area contributed by atoms with E-state index in [4.69, 9.17) is 9.47 Å². The van der Waals surface area contributed by atoms with Crippen LogP contribution in [0.3, 0.4) is 0 Å². The lowest BCUT2D eigenvalue weighted by atomic mass is 9.90. The molecule has 4 rings (SSSR count). The number of piperazine rings is 1. The molecule has 1 heterocycles. The van der Waals surface area contributed by atoms with Crippen LogP contribution in [0.5, 0.6) is 5.75 Å². The second-order valence-corrected chi connectivity index (χ2v) is 11.2. The molecule has 0 bridgehead atoms. The van der Waals surface area contributed by atoms with Gasteiger partial charge in [-0.15, -0.1) is 0 Å². The molecule has 8 nitrogen and oxygen atoms in total. The maximum Gasteiger partial charge on any atom is 0.407 e. The quantitative estimate of drug-likeness (QED) is 0.535. The summed E-state index contributed by atoms with van der Waals surface area (Å²) in [5.74, 6) is -2.07. The summed E-state index contributed by atoms with van der Waals surface area (Å²) in [6, 6.07) is 8.77. The minimum atomic E-state index is -0.959. The number of hydrogen-bond donors (Lipinski definition) is 1. The van der Waals surface area contributed by atoms with Crippen LogP contribution in [0.4, 0.5) is 13.6 Å². The van der Waals surface area contributed by atoms with Crippen molar-refractivity contribution in [2.45, 2.75) is 64.5 Å². The third kappa shape index (κ3) is 6.89. The summed E-state index contributed by atoms with van der Waals surface area (Å²) in [5.41, 5.74) is 1.00. The largest absolute Gasteiger partial charge is 0.493 e. The zero-order valence-electron chi connectivity index (χ0n) is 23.5. The lowest BCUT2D eigenvalue weighted by molar-refractivity contribution is -0.133. The van der Waals surface area contributed by atoms with Gasteiger partial charge in [-0.25, -0.2) is 13.6 Å². The molecular weight excluding hydrogens is 520 g/mol. The van der Waals surface area contributed by atoms with E-state index in [-0.39, 0.29) is 24.2 Å². The number of hydrogen-bond acceptors (Lipinski definition) is 5. The van der Waals surface area contributed by atoms with Crippen LogP contribution in [0, 0.1) is 11.6 Å². The number of rotatable bonds is 7. The molecule has 1 fully saturated rings. The van der Waals surface area contributed by atoms with Crippen LogP contribution in [0.2, 0.25) is 0 Å². The van der Waals surface area contributed by atoms with E-state index in [2.05, 4.69) is 5.32 Å². The number of aryl methyl sites for hydroxylation is 1. The molecule has 40 heavy (non-hydrogen) atoms. The summed E-state index contributed by atoms with van der Waals surface area (Å²) in [6.07, 6.45) is 0.337. The molecule has 1 aliphatic heterocycles. The number of ether oxygens (including phenoxy) is 2. The van der Waals surface area contributed by atoms with Crippen LogP contribution in [-0.4, -0.2) is 72.1 Å². The van der Waals surface area contributed by atoms with Crippen LogP contribution in [0.25, 0.3) is 0 Å². The van der Waals surface area contributed by atoms with Crippen LogP contribution < -0.4 is 10.1 Å². The van der Waals surface area contributed by atoms with Crippen molar-refractivity contribution in [3.63, 3.8) is 0 Å². The summed E-state index contributed by atoms with van der Waals surface area (Å²) >= 11 is 0. The van der Waals surface area contributed by atoms with Crippen molar-refractivity contribution in [1.82, 2.24) is 15.1 Å². The van der Waals surface area contributed by atoms with E-state index in [0.717, 1.165) is 0 Å². The highest BCUT2D eigenvalue weighted by molar-refractivity contribution is 5.97. The third-order valence-corrected chi connectivity index (χ3v) is 7.23. The fraction of sp³-hybridized carbons (Fsp3) is 0.500. The van der Waals surface area contributed by atoms with Crippen molar-refractivity contribution < 1.29 is 32.6 Å². The Bertz CT molecular complexity index is 1250. The highest BCUT2D eigenvalue weighted by Gasteiger charge is 2.36. The van der Waals surface area contributed by atoms with Crippen molar-refractivity contribution in [1.29, 1.82) is 0 Å². The second kappa shape index (κ2) is 12.2. The summed E-state index contributed by atoms with van der Waals surface area (Å²) in [7, 11) is 0. The Kier molecular flexibility index (Phi) is 8.95. The van der Waals surface area contributed by atoms with E-state index in [1.54, 1.807) is 48.8 Å². The van der Waals surface area contributed by atoms with E-state index < -0.39 is 29.4 Å². The molecule has 3 amide bonds. The maximum absolute atomic E-state index is 14.1. The number of halogens is 2. The second-order valence-electron chi connectivity index (χ2n) is 11.2. The summed E-state index contributed by atoms with van der Waals surface area (Å²) in [5, 5.41) is 2.82. The van der Waals surface area contributed by atoms with E-state index in [1.807, 2.05) is 13.0 Å². The number of fused-ring (bicyclic) bond motifs is 1. The number of carbonyl (C=O) groups excluding carboxylic acids is 3. The van der Waals surface area contributed by atoms with Gasteiger partial charge in [0.1, 0.15) is 11.4 Å². The number of nitrogens with one attached hydrogen (secondary N) is 1. The molecule has 0 saturated carbocycles. The van der Waals surface area contributed by atoms with E-state index >= 15 is 0 Å². The first-order valence-electron chi connectivity index (χ1n) is 13.7. The highest BCUT2D eigenvalue weighted by Crippen LogP contribution is 2.38. The summed E-state index contributed by atoms with van der Waals surface area (Å²) in [4.78, 5) is 42.6. The molecular formula is C30H37F2N3O5. The fourth-order valence-corrected chi connectivity index (χ4v) is 5.37. The van der Waals surface area contributed by atoms with Gasteiger partial charge in [0.25, 0.3) is 5.91 Å². The first kappa shape index (κ1) is 29.3. The van der Waals surface area contributed by atoms with Gasteiger partial charge >= 0.3 is 6.09 Å². The molecule has 2 aliphatic rings. The Morgan fingerprint density at radius 2 is 1.68 bits per heavy atom. The van der Waals surface area contributed by atoms with E-state index in [1.165, 1.54) is 12.1 Å². The standard InChI is InChI=1S/C30H37F2N3O5/c1-5-39-26-9-7-6-8-21(26)28(37)35-14-12-34(13-15-35)27(36)18-25(33-29(38)40-30(2,3)4)20-11-10-19-16-23(31)24(32)17-22(19)20/h6-9,16-17,20,25H,5,10-15,18H2,1-4H3,(H,33,38). The van der Waals surface area contributed by atoms with Crippen LogP contribution >= 0.6 is 0 Å². The molecule has 10 heteroatoms. The molecule has 0 aromatic heterocycles. The minimum absolute atomic E-state index is 0.0382. The Hall–Kier alpha value is -3.69. The van der Waals surface area contributed by atoms with Crippen molar-refractivity contribution in [2.75, 3.05) is 32.8 Å². The van der Waals surface area contributed by atoms with Gasteiger partial charge in [-0.05, 0) is 75.9 Å². The Labute approximate surface area is 233 Å². The molecule has 216 valence electrons. The molecule has 2 unspecified atom stereocenters. The Balaban J connectivity index is 1.44. The van der Waals surface area contributed by atoms with Gasteiger partial charge in [0, 0.05) is 44.6 Å². The Morgan fingerprint density at radius 1 is 1.02 bits per heavy atom. The normalized spacial score (nSPS) is 17.7. The van der Waals surface area contributed by atoms with E-state index in [9.17, 15) is 23.2 Å². The smallest absolute Gasteiger partial charge is 0.407 e. The first-order valence-corrected chi connectivity index (χ1v) is 13.7. The summed E-state index contributed by atoms with van der Waals surface area (Å²) < 4.78 is 39.0. The first-order chi connectivity index (χ1) is 19.0. The SMILES string of the molecule is CCOc1ccccc1C(=O)N1CCN(C(=O)CC(NC(=O)OC(C)(C)C)C2CCc3cc(F)c(F)cc32)CC1. The molecule has 1 aliphatic carbocycles. The third-order valence-electron chi connectivity index (χ3n) is 7.23. The van der Waals surface area contributed by atoms with Gasteiger partial charge in [-0.2, -0.15) is 0 Å². The molecule has 0 spiro atoms. The van der Waals surface area contributed by atoms with Gasteiger partial charge in [0.15, 0.2) is 11.6 Å². The van der Waals surface area contributed by atoms with Crippen molar-refractivity contribution in [2.24, 2.45) is 0 Å². The lowest BCUT2D eigenvalue weighted by Gasteiger charge is -2.36. The average Bonchev–Trinajstić information content (AvgIpc) is 3.30. The van der Waals surface area contributed by atoms with Crippen molar-refractivity contribution in [3.05, 3.63) is 64.7 Å². The lowest BCUT2D eigenvalue weighted by Crippen LogP contribution is -2.52. The zero-order chi connectivity index (χ0) is 29.0. The Morgan fingerprint density at radius 3 is 2.35 bits per heavy atom. The number of alkyl carbamates (subject to hydrolysis) is 1. The van der Waals surface area contributed by atoms with Gasteiger partial charge in [0.2, 0.25) is 5.91 Å². The molecule has 1 N–H and O–H groups in total. The maximum atomic E-state index is 14.1. The topological polar surface area (TPSA) is 88.2 Å². The molecule has 2 aromatic rings. The van der Waals surface area contributed by atoms with Gasteiger partial charge in [0.05, 0.1) is 12.2 Å².